The first-order valence-corrected chi connectivity index (χ1v) is 11.3. The number of ether oxygens (including phenoxy) is 1. The number of halogens is 1. The summed E-state index contributed by atoms with van der Waals surface area (Å²) in [6.07, 6.45) is 3.36. The first kappa shape index (κ1) is 23.2. The molecule has 1 heterocycles. The first-order chi connectivity index (χ1) is 14.8. The molecule has 1 aromatic rings. The molecule has 1 aliphatic carbocycles. The van der Waals surface area contributed by atoms with Crippen LogP contribution < -0.4 is 5.32 Å². The van der Waals surface area contributed by atoms with Crippen molar-refractivity contribution in [3.8, 4) is 0 Å². The van der Waals surface area contributed by atoms with Crippen molar-refractivity contribution >= 4 is 17.8 Å². The largest absolute Gasteiger partial charge is 0.452 e. The number of hydrogen-bond donors (Lipinski definition) is 1. The van der Waals surface area contributed by atoms with Crippen molar-refractivity contribution in [2.45, 2.75) is 65.0 Å². The van der Waals surface area contributed by atoms with Crippen LogP contribution >= 0.6 is 0 Å². The summed E-state index contributed by atoms with van der Waals surface area (Å²) in [7, 11) is 0. The summed E-state index contributed by atoms with van der Waals surface area (Å²) >= 11 is 0. The highest BCUT2D eigenvalue weighted by Gasteiger charge is 2.33. The van der Waals surface area contributed by atoms with E-state index in [1.54, 1.807) is 11.8 Å². The number of nitrogens with zero attached hydrogens (tertiary/aromatic N) is 1. The number of esters is 1. The van der Waals surface area contributed by atoms with Gasteiger partial charge < -0.3 is 15.0 Å². The van der Waals surface area contributed by atoms with Gasteiger partial charge in [-0.2, -0.15) is 0 Å². The summed E-state index contributed by atoms with van der Waals surface area (Å²) in [5.74, 6) is -0.548. The predicted octanol–water partition coefficient (Wildman–Crippen LogP) is 3.55. The van der Waals surface area contributed by atoms with Crippen molar-refractivity contribution in [1.82, 2.24) is 10.2 Å². The van der Waals surface area contributed by atoms with Crippen LogP contribution in [0.1, 0.15) is 63.2 Å². The van der Waals surface area contributed by atoms with Crippen molar-refractivity contribution < 1.29 is 23.5 Å². The molecule has 0 radical (unpaired) electrons. The number of hydrogen-bond acceptors (Lipinski definition) is 4. The predicted molar refractivity (Wildman–Crippen MR) is 115 cm³/mol. The maximum Gasteiger partial charge on any atom is 0.309 e. The zero-order valence-corrected chi connectivity index (χ0v) is 18.6. The minimum Gasteiger partial charge on any atom is -0.452 e. The Morgan fingerprint density at radius 2 is 1.71 bits per heavy atom. The van der Waals surface area contributed by atoms with E-state index in [9.17, 15) is 18.8 Å². The molecular formula is C24H33FN2O4. The third-order valence-electron chi connectivity index (χ3n) is 6.90. The van der Waals surface area contributed by atoms with E-state index in [1.807, 2.05) is 0 Å². The molecule has 2 fully saturated rings. The van der Waals surface area contributed by atoms with E-state index < -0.39 is 6.10 Å². The topological polar surface area (TPSA) is 75.7 Å². The number of likely N-dealkylation sites (tertiary alicyclic amines) is 1. The summed E-state index contributed by atoms with van der Waals surface area (Å²) in [5.41, 5.74) is 0.430. The van der Waals surface area contributed by atoms with Crippen LogP contribution in [-0.2, 0) is 14.3 Å². The molecule has 2 amide bonds. The highest BCUT2D eigenvalue weighted by molar-refractivity contribution is 5.94. The van der Waals surface area contributed by atoms with Gasteiger partial charge in [-0.1, -0.05) is 26.7 Å². The zero-order chi connectivity index (χ0) is 22.5. The number of amides is 2. The first-order valence-electron chi connectivity index (χ1n) is 11.3. The van der Waals surface area contributed by atoms with Crippen LogP contribution in [0.2, 0.25) is 0 Å². The van der Waals surface area contributed by atoms with Crippen LogP contribution in [-0.4, -0.2) is 47.9 Å². The number of nitrogens with one attached hydrogen (secondary N) is 1. The molecule has 2 aliphatic rings. The zero-order valence-electron chi connectivity index (χ0n) is 18.6. The highest BCUT2D eigenvalue weighted by atomic mass is 19.1. The highest BCUT2D eigenvalue weighted by Crippen LogP contribution is 2.29. The molecule has 0 bridgehead atoms. The number of carbonyl (C=O) groups excluding carboxylic acids is 3. The van der Waals surface area contributed by atoms with E-state index in [2.05, 4.69) is 19.2 Å². The van der Waals surface area contributed by atoms with Gasteiger partial charge in [0.15, 0.2) is 6.10 Å². The lowest BCUT2D eigenvalue weighted by Gasteiger charge is -2.35. The van der Waals surface area contributed by atoms with Crippen LogP contribution in [0, 0.1) is 23.6 Å². The van der Waals surface area contributed by atoms with Gasteiger partial charge in [-0.15, -0.1) is 0 Å². The van der Waals surface area contributed by atoms with Gasteiger partial charge in [-0.05, 0) is 62.3 Å². The Labute approximate surface area is 183 Å². The van der Waals surface area contributed by atoms with E-state index in [0.717, 1.165) is 12.8 Å². The Morgan fingerprint density at radius 1 is 1.06 bits per heavy atom. The molecule has 4 atom stereocenters. The van der Waals surface area contributed by atoms with Crippen molar-refractivity contribution in [3.63, 3.8) is 0 Å². The molecule has 4 unspecified atom stereocenters. The summed E-state index contributed by atoms with van der Waals surface area (Å²) in [6, 6.07) is 5.58. The van der Waals surface area contributed by atoms with Crippen LogP contribution in [0.25, 0.3) is 0 Å². The fourth-order valence-corrected chi connectivity index (χ4v) is 4.50. The quantitative estimate of drug-likeness (QED) is 0.722. The van der Waals surface area contributed by atoms with Crippen molar-refractivity contribution in [3.05, 3.63) is 35.6 Å². The number of benzene rings is 1. The molecule has 1 aromatic carbocycles. The monoisotopic (exact) mass is 432 g/mol. The lowest BCUT2D eigenvalue weighted by molar-refractivity contribution is -0.160. The fraction of sp³-hybridized carbons (Fsp3) is 0.625. The van der Waals surface area contributed by atoms with E-state index >= 15 is 0 Å². The summed E-state index contributed by atoms with van der Waals surface area (Å²) in [4.78, 5) is 39.3. The summed E-state index contributed by atoms with van der Waals surface area (Å²) < 4.78 is 18.5. The second kappa shape index (κ2) is 10.2. The SMILES string of the molecule is CC(OC(=O)C1CCN(C(=O)c2ccc(F)cc2)CC1)C(=O)NC1CCCC(C)C1C. The Kier molecular flexibility index (Phi) is 7.68. The lowest BCUT2D eigenvalue weighted by Crippen LogP contribution is -2.48. The van der Waals surface area contributed by atoms with E-state index in [1.165, 1.54) is 30.7 Å². The Morgan fingerprint density at radius 3 is 2.35 bits per heavy atom. The minimum absolute atomic E-state index is 0.123. The van der Waals surface area contributed by atoms with Crippen LogP contribution in [0.15, 0.2) is 24.3 Å². The summed E-state index contributed by atoms with van der Waals surface area (Å²) in [5, 5.41) is 3.06. The summed E-state index contributed by atoms with van der Waals surface area (Å²) in [6.45, 7) is 6.82. The Hall–Kier alpha value is -2.44. The minimum atomic E-state index is -0.837. The second-order valence-electron chi connectivity index (χ2n) is 9.03. The molecule has 6 nitrogen and oxygen atoms in total. The van der Waals surface area contributed by atoms with Gasteiger partial charge >= 0.3 is 5.97 Å². The van der Waals surface area contributed by atoms with Gasteiger partial charge in [0, 0.05) is 24.7 Å². The van der Waals surface area contributed by atoms with Gasteiger partial charge in [0.25, 0.3) is 11.8 Å². The maximum atomic E-state index is 13.1. The van der Waals surface area contributed by atoms with Gasteiger partial charge in [0.2, 0.25) is 0 Å². The van der Waals surface area contributed by atoms with E-state index in [4.69, 9.17) is 4.74 Å². The lowest BCUT2D eigenvalue weighted by atomic mass is 9.78. The van der Waals surface area contributed by atoms with Crippen LogP contribution in [0.4, 0.5) is 4.39 Å². The van der Waals surface area contributed by atoms with Gasteiger partial charge in [0.05, 0.1) is 5.92 Å². The van der Waals surface area contributed by atoms with Crippen LogP contribution in [0.3, 0.4) is 0 Å². The third-order valence-corrected chi connectivity index (χ3v) is 6.90. The Balaban J connectivity index is 1.45. The average molecular weight is 433 g/mol. The molecule has 0 aromatic heterocycles. The molecule has 3 rings (SSSR count). The Bertz CT molecular complexity index is 789. The average Bonchev–Trinajstić information content (AvgIpc) is 2.77. The van der Waals surface area contributed by atoms with Gasteiger partial charge in [0.1, 0.15) is 5.82 Å². The van der Waals surface area contributed by atoms with Crippen molar-refractivity contribution in [2.75, 3.05) is 13.1 Å². The van der Waals surface area contributed by atoms with Crippen LogP contribution in [0.5, 0.6) is 0 Å². The van der Waals surface area contributed by atoms with Gasteiger partial charge in [-0.25, -0.2) is 4.39 Å². The molecule has 170 valence electrons. The molecule has 7 heteroatoms. The number of carbonyl (C=O) groups is 3. The maximum absolute atomic E-state index is 13.1. The number of piperidine rings is 1. The smallest absolute Gasteiger partial charge is 0.309 e. The second-order valence-corrected chi connectivity index (χ2v) is 9.03. The van der Waals surface area contributed by atoms with Crippen molar-refractivity contribution in [2.24, 2.45) is 17.8 Å². The van der Waals surface area contributed by atoms with E-state index in [-0.39, 0.29) is 35.6 Å². The third kappa shape index (κ3) is 5.83. The number of rotatable bonds is 5. The molecular weight excluding hydrogens is 399 g/mol. The standard InChI is InChI=1S/C24H33FN2O4/c1-15-5-4-6-21(16(15)2)26-22(28)17(3)31-24(30)19-11-13-27(14-12-19)23(29)18-7-9-20(25)10-8-18/h7-10,15-17,19,21H,4-6,11-14H2,1-3H3,(H,26,28). The molecule has 1 saturated carbocycles. The normalized spacial score (nSPS) is 25.5. The molecule has 31 heavy (non-hydrogen) atoms. The molecule has 0 spiro atoms. The molecule has 1 N–H and O–H groups in total. The molecule has 1 saturated heterocycles. The fourth-order valence-electron chi connectivity index (χ4n) is 4.50. The van der Waals surface area contributed by atoms with Gasteiger partial charge in [-0.3, -0.25) is 14.4 Å². The van der Waals surface area contributed by atoms with E-state index in [0.29, 0.717) is 43.3 Å². The van der Waals surface area contributed by atoms with Crippen molar-refractivity contribution in [1.29, 1.82) is 0 Å². The molecule has 1 aliphatic heterocycles.